The minimum absolute atomic E-state index is 0.179. The molecule has 0 aliphatic rings. The Morgan fingerprint density at radius 1 is 1.47 bits per heavy atom. The van der Waals surface area contributed by atoms with Gasteiger partial charge in [0.05, 0.1) is 17.8 Å². The van der Waals surface area contributed by atoms with Crippen LogP contribution in [0.2, 0.25) is 0 Å². The zero-order chi connectivity index (χ0) is 14.1. The smallest absolute Gasteiger partial charge is 0.319 e. The molecule has 0 unspecified atom stereocenters. The molecule has 1 aromatic rings. The second kappa shape index (κ2) is 8.11. The minimum Gasteiger partial charge on any atom is -0.338 e. The van der Waals surface area contributed by atoms with Crippen LogP contribution in [0.15, 0.2) is 18.2 Å². The third kappa shape index (κ3) is 5.40. The maximum absolute atomic E-state index is 13.1. The average Bonchev–Trinajstić information content (AvgIpc) is 2.39. The molecule has 0 heterocycles. The van der Waals surface area contributed by atoms with Gasteiger partial charge in [0, 0.05) is 6.54 Å². The number of hydrogen-bond acceptors (Lipinski definition) is 2. The van der Waals surface area contributed by atoms with Crippen LogP contribution in [0.4, 0.5) is 14.9 Å². The highest BCUT2D eigenvalue weighted by Crippen LogP contribution is 2.15. The molecule has 0 saturated carbocycles. The standard InChI is InChI=1S/C14H18FN3O/c1-2-3-9-17-14(19)18-13-7-6-12(15)10-11(13)5-4-8-16/h6-7,10H,2-3,8-9,16H2,1H3,(H2,17,18,19). The summed E-state index contributed by atoms with van der Waals surface area (Å²) in [5.41, 5.74) is 6.16. The molecule has 0 fully saturated rings. The number of anilines is 1. The van der Waals surface area contributed by atoms with Gasteiger partial charge in [0.15, 0.2) is 0 Å². The summed E-state index contributed by atoms with van der Waals surface area (Å²) in [6.45, 7) is 2.83. The third-order valence-electron chi connectivity index (χ3n) is 2.37. The van der Waals surface area contributed by atoms with E-state index < -0.39 is 5.82 Å². The van der Waals surface area contributed by atoms with E-state index in [1.165, 1.54) is 18.2 Å². The van der Waals surface area contributed by atoms with Crippen molar-refractivity contribution in [3.63, 3.8) is 0 Å². The Hall–Kier alpha value is -2.06. The molecule has 2 amide bonds. The summed E-state index contributed by atoms with van der Waals surface area (Å²) in [5, 5.41) is 5.36. The Morgan fingerprint density at radius 2 is 2.26 bits per heavy atom. The first kappa shape index (κ1) is 15.0. The quantitative estimate of drug-likeness (QED) is 0.575. The van der Waals surface area contributed by atoms with Crippen LogP contribution in [-0.4, -0.2) is 19.1 Å². The molecule has 4 nitrogen and oxygen atoms in total. The number of benzene rings is 1. The second-order valence-corrected chi connectivity index (χ2v) is 3.93. The predicted molar refractivity (Wildman–Crippen MR) is 74.3 cm³/mol. The monoisotopic (exact) mass is 263 g/mol. The summed E-state index contributed by atoms with van der Waals surface area (Å²) in [4.78, 5) is 11.6. The maximum atomic E-state index is 13.1. The molecule has 0 bridgehead atoms. The van der Waals surface area contributed by atoms with Crippen LogP contribution in [-0.2, 0) is 0 Å². The van der Waals surface area contributed by atoms with Gasteiger partial charge in [-0.1, -0.05) is 25.2 Å². The van der Waals surface area contributed by atoms with Crippen molar-refractivity contribution in [2.75, 3.05) is 18.4 Å². The van der Waals surface area contributed by atoms with Gasteiger partial charge < -0.3 is 16.4 Å². The molecule has 0 aromatic heterocycles. The molecular formula is C14H18FN3O. The molecule has 0 atom stereocenters. The molecule has 1 aromatic carbocycles. The number of unbranched alkanes of at least 4 members (excludes halogenated alkanes) is 1. The predicted octanol–water partition coefficient (Wildman–Crippen LogP) is 2.06. The minimum atomic E-state index is -0.404. The molecule has 0 saturated heterocycles. The van der Waals surface area contributed by atoms with Crippen molar-refractivity contribution >= 4 is 11.7 Å². The molecule has 0 aliphatic carbocycles. The first-order chi connectivity index (χ1) is 9.17. The van der Waals surface area contributed by atoms with Gasteiger partial charge in [-0.15, -0.1) is 0 Å². The molecule has 0 spiro atoms. The highest BCUT2D eigenvalue weighted by Gasteiger charge is 2.06. The fraction of sp³-hybridized carbons (Fsp3) is 0.357. The summed E-state index contributed by atoms with van der Waals surface area (Å²) in [5.74, 6) is 4.96. The summed E-state index contributed by atoms with van der Waals surface area (Å²) >= 11 is 0. The number of urea groups is 1. The number of nitrogens with two attached hydrogens (primary N) is 1. The van der Waals surface area contributed by atoms with Gasteiger partial charge in [0.25, 0.3) is 0 Å². The fourth-order valence-electron chi connectivity index (χ4n) is 1.42. The molecule has 5 heteroatoms. The summed E-state index contributed by atoms with van der Waals surface area (Å²) in [6.07, 6.45) is 1.92. The Bertz CT molecular complexity index is 491. The van der Waals surface area contributed by atoms with E-state index in [2.05, 4.69) is 22.5 Å². The van der Waals surface area contributed by atoms with Crippen molar-refractivity contribution in [1.29, 1.82) is 0 Å². The number of carbonyl (C=O) groups excluding carboxylic acids is 1. The largest absolute Gasteiger partial charge is 0.338 e. The lowest BCUT2D eigenvalue weighted by atomic mass is 10.1. The van der Waals surface area contributed by atoms with Crippen LogP contribution in [0.3, 0.4) is 0 Å². The van der Waals surface area contributed by atoms with E-state index in [1.807, 2.05) is 6.92 Å². The molecule has 4 N–H and O–H groups in total. The van der Waals surface area contributed by atoms with E-state index in [9.17, 15) is 9.18 Å². The highest BCUT2D eigenvalue weighted by molar-refractivity contribution is 5.90. The van der Waals surface area contributed by atoms with Gasteiger partial charge in [-0.2, -0.15) is 0 Å². The topological polar surface area (TPSA) is 67.2 Å². The Labute approximate surface area is 112 Å². The molecular weight excluding hydrogens is 245 g/mol. The van der Waals surface area contributed by atoms with E-state index in [-0.39, 0.29) is 12.6 Å². The van der Waals surface area contributed by atoms with Crippen LogP contribution in [0, 0.1) is 17.7 Å². The van der Waals surface area contributed by atoms with Crippen molar-refractivity contribution in [3.05, 3.63) is 29.6 Å². The van der Waals surface area contributed by atoms with Crippen LogP contribution in [0.1, 0.15) is 25.3 Å². The van der Waals surface area contributed by atoms with Crippen molar-refractivity contribution in [2.45, 2.75) is 19.8 Å². The fourth-order valence-corrected chi connectivity index (χ4v) is 1.42. The van der Waals surface area contributed by atoms with Crippen molar-refractivity contribution in [2.24, 2.45) is 5.73 Å². The van der Waals surface area contributed by atoms with Gasteiger partial charge in [-0.3, -0.25) is 0 Å². The molecule has 1 rings (SSSR count). The van der Waals surface area contributed by atoms with Crippen LogP contribution in [0.25, 0.3) is 0 Å². The van der Waals surface area contributed by atoms with Crippen molar-refractivity contribution in [3.8, 4) is 11.8 Å². The number of amides is 2. The number of hydrogen-bond donors (Lipinski definition) is 3. The Balaban J connectivity index is 2.74. The number of halogens is 1. The van der Waals surface area contributed by atoms with E-state index in [1.54, 1.807) is 0 Å². The molecule has 0 aliphatic heterocycles. The van der Waals surface area contributed by atoms with Crippen molar-refractivity contribution < 1.29 is 9.18 Å². The average molecular weight is 263 g/mol. The summed E-state index contributed by atoms with van der Waals surface area (Å²) in [7, 11) is 0. The zero-order valence-corrected chi connectivity index (χ0v) is 10.9. The van der Waals surface area contributed by atoms with Gasteiger partial charge in [-0.05, 0) is 24.6 Å². The number of rotatable bonds is 4. The number of carbonyl (C=O) groups is 1. The van der Waals surface area contributed by atoms with E-state index >= 15 is 0 Å². The molecule has 102 valence electrons. The van der Waals surface area contributed by atoms with Gasteiger partial charge in [0.1, 0.15) is 5.82 Å². The summed E-state index contributed by atoms with van der Waals surface area (Å²) in [6, 6.07) is 3.70. The zero-order valence-electron chi connectivity index (χ0n) is 10.9. The normalized spacial score (nSPS) is 9.42. The highest BCUT2D eigenvalue weighted by atomic mass is 19.1. The lowest BCUT2D eigenvalue weighted by Gasteiger charge is -2.09. The third-order valence-corrected chi connectivity index (χ3v) is 2.37. The summed E-state index contributed by atoms with van der Waals surface area (Å²) < 4.78 is 13.1. The van der Waals surface area contributed by atoms with Gasteiger partial charge in [-0.25, -0.2) is 9.18 Å². The van der Waals surface area contributed by atoms with Crippen LogP contribution in [0.5, 0.6) is 0 Å². The first-order valence-electron chi connectivity index (χ1n) is 6.20. The van der Waals surface area contributed by atoms with Crippen molar-refractivity contribution in [1.82, 2.24) is 5.32 Å². The lowest BCUT2D eigenvalue weighted by molar-refractivity contribution is 0.252. The van der Waals surface area contributed by atoms with E-state index in [0.717, 1.165) is 12.8 Å². The van der Waals surface area contributed by atoms with Crippen LogP contribution >= 0.6 is 0 Å². The van der Waals surface area contributed by atoms with E-state index in [0.29, 0.717) is 17.8 Å². The van der Waals surface area contributed by atoms with Gasteiger partial charge in [0.2, 0.25) is 0 Å². The Morgan fingerprint density at radius 3 is 2.95 bits per heavy atom. The Kier molecular flexibility index (Phi) is 6.41. The second-order valence-electron chi connectivity index (χ2n) is 3.93. The lowest BCUT2D eigenvalue weighted by Crippen LogP contribution is -2.29. The molecule has 19 heavy (non-hydrogen) atoms. The van der Waals surface area contributed by atoms with Crippen LogP contribution < -0.4 is 16.4 Å². The first-order valence-corrected chi connectivity index (χ1v) is 6.20. The number of nitrogens with one attached hydrogen (secondary N) is 2. The van der Waals surface area contributed by atoms with Gasteiger partial charge >= 0.3 is 6.03 Å². The molecule has 0 radical (unpaired) electrons. The van der Waals surface area contributed by atoms with E-state index in [4.69, 9.17) is 5.73 Å². The maximum Gasteiger partial charge on any atom is 0.319 e. The SMILES string of the molecule is CCCCNC(=O)Nc1ccc(F)cc1C#CCN.